The SMILES string of the molecule is CCCCn1nnc2c([N+](=O)[O-])cccc21. The van der Waals surface area contributed by atoms with Crippen LogP contribution >= 0.6 is 0 Å². The molecule has 0 unspecified atom stereocenters. The quantitative estimate of drug-likeness (QED) is 0.584. The van der Waals surface area contributed by atoms with E-state index in [9.17, 15) is 10.1 Å². The zero-order valence-corrected chi connectivity index (χ0v) is 8.96. The van der Waals surface area contributed by atoms with E-state index in [1.807, 2.05) is 0 Å². The molecule has 0 fully saturated rings. The molecular formula is C10H12N4O2. The predicted molar refractivity (Wildman–Crippen MR) is 59.1 cm³/mol. The summed E-state index contributed by atoms with van der Waals surface area (Å²) in [6, 6.07) is 4.91. The molecule has 1 aromatic carbocycles. The molecule has 84 valence electrons. The average Bonchev–Trinajstić information content (AvgIpc) is 2.69. The van der Waals surface area contributed by atoms with Gasteiger partial charge >= 0.3 is 0 Å². The molecule has 0 spiro atoms. The minimum atomic E-state index is -0.429. The second-order valence-corrected chi connectivity index (χ2v) is 3.57. The van der Waals surface area contributed by atoms with E-state index in [2.05, 4.69) is 17.2 Å². The highest BCUT2D eigenvalue weighted by atomic mass is 16.6. The fourth-order valence-corrected chi connectivity index (χ4v) is 1.60. The normalized spacial score (nSPS) is 10.8. The molecule has 0 atom stereocenters. The molecular weight excluding hydrogens is 208 g/mol. The fourth-order valence-electron chi connectivity index (χ4n) is 1.60. The van der Waals surface area contributed by atoms with Crippen LogP contribution in [0.1, 0.15) is 19.8 Å². The summed E-state index contributed by atoms with van der Waals surface area (Å²) < 4.78 is 1.71. The first kappa shape index (κ1) is 10.5. The number of nitro groups is 1. The van der Waals surface area contributed by atoms with Crippen molar-refractivity contribution in [3.63, 3.8) is 0 Å². The van der Waals surface area contributed by atoms with Crippen LogP contribution in [0.25, 0.3) is 11.0 Å². The molecule has 1 heterocycles. The summed E-state index contributed by atoms with van der Waals surface area (Å²) in [5.74, 6) is 0. The van der Waals surface area contributed by atoms with Gasteiger partial charge in [0, 0.05) is 12.6 Å². The molecule has 0 N–H and O–H groups in total. The molecule has 0 radical (unpaired) electrons. The Morgan fingerprint density at radius 3 is 3.00 bits per heavy atom. The second kappa shape index (κ2) is 4.26. The van der Waals surface area contributed by atoms with Crippen molar-refractivity contribution in [2.75, 3.05) is 0 Å². The molecule has 0 aliphatic heterocycles. The van der Waals surface area contributed by atoms with Gasteiger partial charge in [0.05, 0.1) is 10.4 Å². The number of unbranched alkanes of at least 4 members (excludes halogenated alkanes) is 1. The lowest BCUT2D eigenvalue weighted by atomic mass is 10.2. The van der Waals surface area contributed by atoms with E-state index in [1.54, 1.807) is 16.8 Å². The van der Waals surface area contributed by atoms with Gasteiger partial charge in [0.2, 0.25) is 0 Å². The Labute approximate surface area is 92.0 Å². The van der Waals surface area contributed by atoms with Gasteiger partial charge in [-0.15, -0.1) is 5.10 Å². The lowest BCUT2D eigenvalue weighted by molar-refractivity contribution is -0.383. The largest absolute Gasteiger partial charge is 0.299 e. The molecule has 0 bridgehead atoms. The number of nitrogens with zero attached hydrogens (tertiary/aromatic N) is 4. The Morgan fingerprint density at radius 2 is 2.31 bits per heavy atom. The van der Waals surface area contributed by atoms with Crippen LogP contribution in [0, 0.1) is 10.1 Å². The maximum absolute atomic E-state index is 10.8. The van der Waals surface area contributed by atoms with Crippen LogP contribution in [0.3, 0.4) is 0 Å². The second-order valence-electron chi connectivity index (χ2n) is 3.57. The smallest absolute Gasteiger partial charge is 0.258 e. The van der Waals surface area contributed by atoms with Gasteiger partial charge in [-0.05, 0) is 12.5 Å². The van der Waals surface area contributed by atoms with Crippen LogP contribution in [0.4, 0.5) is 5.69 Å². The van der Waals surface area contributed by atoms with Crippen molar-refractivity contribution in [3.05, 3.63) is 28.3 Å². The number of hydrogen-bond acceptors (Lipinski definition) is 4. The molecule has 0 amide bonds. The van der Waals surface area contributed by atoms with Crippen molar-refractivity contribution in [1.29, 1.82) is 0 Å². The Hall–Kier alpha value is -1.98. The zero-order valence-electron chi connectivity index (χ0n) is 8.96. The fraction of sp³-hybridized carbons (Fsp3) is 0.400. The maximum Gasteiger partial charge on any atom is 0.299 e. The summed E-state index contributed by atoms with van der Waals surface area (Å²) >= 11 is 0. The predicted octanol–water partition coefficient (Wildman–Crippen LogP) is 2.14. The Kier molecular flexibility index (Phi) is 2.80. The summed E-state index contributed by atoms with van der Waals surface area (Å²) in [5, 5.41) is 18.6. The first-order chi connectivity index (χ1) is 7.74. The minimum Gasteiger partial charge on any atom is -0.258 e. The zero-order chi connectivity index (χ0) is 11.5. The molecule has 1 aromatic heterocycles. The third-order valence-corrected chi connectivity index (χ3v) is 2.44. The third-order valence-electron chi connectivity index (χ3n) is 2.44. The van der Waals surface area contributed by atoms with E-state index in [-0.39, 0.29) is 5.69 Å². The van der Waals surface area contributed by atoms with Gasteiger partial charge in [-0.25, -0.2) is 4.68 Å². The highest BCUT2D eigenvalue weighted by molar-refractivity contribution is 5.83. The molecule has 2 aromatic rings. The standard InChI is InChI=1S/C10H12N4O2/c1-2-3-7-13-8-5-4-6-9(14(15)16)10(8)11-12-13/h4-6H,2-3,7H2,1H3. The number of aromatic nitrogens is 3. The van der Waals surface area contributed by atoms with Crippen molar-refractivity contribution < 1.29 is 4.92 Å². The molecule has 2 rings (SSSR count). The lowest BCUT2D eigenvalue weighted by Crippen LogP contribution is -1.99. The van der Waals surface area contributed by atoms with Crippen molar-refractivity contribution in [1.82, 2.24) is 15.0 Å². The molecule has 0 aliphatic rings. The third kappa shape index (κ3) is 1.73. The number of aryl methyl sites for hydroxylation is 1. The van der Waals surface area contributed by atoms with Crippen LogP contribution in [-0.2, 0) is 6.54 Å². The summed E-state index contributed by atoms with van der Waals surface area (Å²) in [5.41, 5.74) is 1.10. The number of non-ortho nitro benzene ring substituents is 1. The van der Waals surface area contributed by atoms with Gasteiger partial charge in [0.1, 0.15) is 0 Å². The number of fused-ring (bicyclic) bond motifs is 1. The highest BCUT2D eigenvalue weighted by Gasteiger charge is 2.16. The first-order valence-electron chi connectivity index (χ1n) is 5.20. The van der Waals surface area contributed by atoms with Crippen LogP contribution in [0.5, 0.6) is 0 Å². The van der Waals surface area contributed by atoms with Gasteiger partial charge in [-0.3, -0.25) is 10.1 Å². The van der Waals surface area contributed by atoms with Gasteiger partial charge in [-0.1, -0.05) is 24.6 Å². The Morgan fingerprint density at radius 1 is 1.50 bits per heavy atom. The van der Waals surface area contributed by atoms with Gasteiger partial charge in [0.25, 0.3) is 5.69 Å². The van der Waals surface area contributed by atoms with E-state index in [1.165, 1.54) is 6.07 Å². The van der Waals surface area contributed by atoms with Gasteiger partial charge < -0.3 is 0 Å². The molecule has 0 saturated carbocycles. The van der Waals surface area contributed by atoms with Gasteiger partial charge in [-0.2, -0.15) is 0 Å². The first-order valence-corrected chi connectivity index (χ1v) is 5.20. The van der Waals surface area contributed by atoms with Crippen molar-refractivity contribution in [2.45, 2.75) is 26.3 Å². The Bertz CT molecular complexity index is 521. The van der Waals surface area contributed by atoms with Crippen LogP contribution < -0.4 is 0 Å². The van der Waals surface area contributed by atoms with Crippen molar-refractivity contribution in [3.8, 4) is 0 Å². The molecule has 0 saturated heterocycles. The summed E-state index contributed by atoms with van der Waals surface area (Å²) in [6.45, 7) is 2.83. The van der Waals surface area contributed by atoms with E-state index in [0.29, 0.717) is 5.52 Å². The van der Waals surface area contributed by atoms with E-state index >= 15 is 0 Å². The molecule has 6 nitrogen and oxygen atoms in total. The number of rotatable bonds is 4. The molecule has 6 heteroatoms. The van der Waals surface area contributed by atoms with E-state index in [4.69, 9.17) is 0 Å². The molecule has 0 aliphatic carbocycles. The monoisotopic (exact) mass is 220 g/mol. The summed E-state index contributed by atoms with van der Waals surface area (Å²) in [7, 11) is 0. The lowest BCUT2D eigenvalue weighted by Gasteiger charge is -1.99. The van der Waals surface area contributed by atoms with Crippen molar-refractivity contribution in [2.24, 2.45) is 0 Å². The minimum absolute atomic E-state index is 0.0141. The molecule has 16 heavy (non-hydrogen) atoms. The van der Waals surface area contributed by atoms with Crippen molar-refractivity contribution >= 4 is 16.7 Å². The van der Waals surface area contributed by atoms with Crippen LogP contribution in [0.2, 0.25) is 0 Å². The van der Waals surface area contributed by atoms with Gasteiger partial charge in [0.15, 0.2) is 5.52 Å². The van der Waals surface area contributed by atoms with E-state index < -0.39 is 4.92 Å². The maximum atomic E-state index is 10.8. The van der Waals surface area contributed by atoms with Crippen LogP contribution in [0.15, 0.2) is 18.2 Å². The number of benzene rings is 1. The van der Waals surface area contributed by atoms with E-state index in [0.717, 1.165) is 24.9 Å². The summed E-state index contributed by atoms with van der Waals surface area (Å²) in [6.07, 6.45) is 2.04. The average molecular weight is 220 g/mol. The summed E-state index contributed by atoms with van der Waals surface area (Å²) in [4.78, 5) is 10.3. The number of hydrogen-bond donors (Lipinski definition) is 0. The number of nitro benzene ring substituents is 1. The highest BCUT2D eigenvalue weighted by Crippen LogP contribution is 2.22. The van der Waals surface area contributed by atoms with Crippen LogP contribution in [-0.4, -0.2) is 19.9 Å². The Balaban J connectivity index is 2.48. The topological polar surface area (TPSA) is 73.8 Å².